The van der Waals surface area contributed by atoms with Gasteiger partial charge in [-0.3, -0.25) is 14.9 Å². The van der Waals surface area contributed by atoms with E-state index in [1.165, 1.54) is 35.6 Å². The Morgan fingerprint density at radius 1 is 1.23 bits per heavy atom. The second kappa shape index (κ2) is 8.78. The van der Waals surface area contributed by atoms with Crippen LogP contribution in [-0.2, 0) is 4.79 Å². The van der Waals surface area contributed by atoms with E-state index < -0.39 is 4.92 Å². The predicted octanol–water partition coefficient (Wildman–Crippen LogP) is 5.89. The smallest absolute Gasteiger partial charge is 0.277 e. The normalized spacial score (nSPS) is 11.4. The van der Waals surface area contributed by atoms with Gasteiger partial charge < -0.3 is 4.42 Å². The van der Waals surface area contributed by atoms with Gasteiger partial charge in [-0.1, -0.05) is 59.8 Å². The van der Waals surface area contributed by atoms with Crippen LogP contribution in [0.1, 0.15) is 5.56 Å². The van der Waals surface area contributed by atoms with Crippen molar-refractivity contribution in [2.75, 3.05) is 5.75 Å². The van der Waals surface area contributed by atoms with E-state index in [4.69, 9.17) is 16.0 Å². The number of nitro groups is 1. The summed E-state index contributed by atoms with van der Waals surface area (Å²) in [5.41, 5.74) is 0.541. The summed E-state index contributed by atoms with van der Waals surface area (Å²) in [5, 5.41) is 20.6. The Morgan fingerprint density at radius 2 is 2.07 bits per heavy atom. The highest BCUT2D eigenvalue weighted by atomic mass is 35.5. The van der Waals surface area contributed by atoms with Gasteiger partial charge in [-0.25, -0.2) is 0 Å². The number of nitrogens with zero attached hydrogens (tertiary/aromatic N) is 3. The number of non-ortho nitro benzene ring substituents is 1. The number of carbonyl (C=O) groups is 1. The second-order valence-corrected chi connectivity index (χ2v) is 8.41. The van der Waals surface area contributed by atoms with Gasteiger partial charge >= 0.3 is 0 Å². The lowest BCUT2D eigenvalue weighted by Gasteiger charge is -1.95. The Kier molecular flexibility index (Phi) is 5.93. The molecule has 0 radical (unpaired) electrons. The Bertz CT molecular complexity index is 1280. The lowest BCUT2D eigenvalue weighted by Crippen LogP contribution is -1.96. The van der Waals surface area contributed by atoms with Crippen molar-refractivity contribution < 1.29 is 14.1 Å². The van der Waals surface area contributed by atoms with Crippen molar-refractivity contribution in [2.45, 2.75) is 5.22 Å². The fraction of sp³-hybridized carbons (Fsp3) is 0.0500. The molecule has 2 aromatic heterocycles. The summed E-state index contributed by atoms with van der Waals surface area (Å²) in [6.07, 6.45) is 2.90. The summed E-state index contributed by atoms with van der Waals surface area (Å²) in [7, 11) is 0. The quantitative estimate of drug-likeness (QED) is 0.148. The van der Waals surface area contributed by atoms with E-state index in [0.717, 1.165) is 21.8 Å². The summed E-state index contributed by atoms with van der Waals surface area (Å²) in [5.74, 6) is 0.210. The molecular formula is C20H12ClN3O4S2. The highest BCUT2D eigenvalue weighted by Crippen LogP contribution is 2.41. The van der Waals surface area contributed by atoms with Crippen LogP contribution < -0.4 is 0 Å². The number of benzene rings is 2. The van der Waals surface area contributed by atoms with Gasteiger partial charge in [0.05, 0.1) is 15.7 Å². The van der Waals surface area contributed by atoms with Crippen LogP contribution in [0.4, 0.5) is 5.69 Å². The lowest BCUT2D eigenvalue weighted by molar-refractivity contribution is -0.384. The zero-order chi connectivity index (χ0) is 21.1. The first kappa shape index (κ1) is 20.3. The van der Waals surface area contributed by atoms with E-state index in [2.05, 4.69) is 10.2 Å². The molecule has 0 unspecified atom stereocenters. The Hall–Kier alpha value is -3.01. The van der Waals surface area contributed by atoms with Crippen LogP contribution >= 0.6 is 34.7 Å². The van der Waals surface area contributed by atoms with Crippen LogP contribution in [0.5, 0.6) is 0 Å². The topological polar surface area (TPSA) is 99.1 Å². The molecule has 0 atom stereocenters. The molecule has 0 spiro atoms. The van der Waals surface area contributed by atoms with Gasteiger partial charge in [-0.2, -0.15) is 0 Å². The molecule has 30 heavy (non-hydrogen) atoms. The number of nitro benzene ring substituents is 1. The third-order valence-corrected chi connectivity index (χ3v) is 6.52. The first-order valence-electron chi connectivity index (χ1n) is 8.60. The molecule has 2 heterocycles. The maximum atomic E-state index is 12.1. The minimum Gasteiger partial charge on any atom is -0.410 e. The van der Waals surface area contributed by atoms with Crippen molar-refractivity contribution in [1.29, 1.82) is 0 Å². The van der Waals surface area contributed by atoms with Gasteiger partial charge in [0.2, 0.25) is 0 Å². The molecule has 0 saturated carbocycles. The monoisotopic (exact) mass is 457 g/mol. The van der Waals surface area contributed by atoms with E-state index in [9.17, 15) is 14.9 Å². The molecule has 0 amide bonds. The van der Waals surface area contributed by atoms with Gasteiger partial charge in [0, 0.05) is 22.2 Å². The van der Waals surface area contributed by atoms with Crippen molar-refractivity contribution in [2.24, 2.45) is 0 Å². The second-order valence-electron chi connectivity index (χ2n) is 6.05. The molecule has 0 aliphatic carbocycles. The number of thiophene rings is 1. The van der Waals surface area contributed by atoms with Crippen molar-refractivity contribution in [3.8, 4) is 10.8 Å². The molecule has 0 bridgehead atoms. The number of carbonyl (C=O) groups excluding carboxylic acids is 1. The number of hydrogen-bond donors (Lipinski definition) is 0. The average molecular weight is 458 g/mol. The maximum Gasteiger partial charge on any atom is 0.277 e. The van der Waals surface area contributed by atoms with Gasteiger partial charge in [0.25, 0.3) is 16.8 Å². The standard InChI is InChI=1S/C20H12ClN3O4S2/c21-17-15-6-1-2-7-16(15)30-18(17)19-22-23-20(28-19)29-11-14(25)9-8-12-4-3-5-13(10-12)24(26)27/h1-10H,11H2/b9-8+. The highest BCUT2D eigenvalue weighted by molar-refractivity contribution is 7.99. The summed E-state index contributed by atoms with van der Waals surface area (Å²) in [6.45, 7) is 0. The Labute approximate surface area is 183 Å². The zero-order valence-electron chi connectivity index (χ0n) is 15.1. The number of hydrogen-bond acceptors (Lipinski definition) is 8. The van der Waals surface area contributed by atoms with E-state index in [1.54, 1.807) is 12.1 Å². The van der Waals surface area contributed by atoms with Crippen molar-refractivity contribution in [3.05, 3.63) is 75.3 Å². The van der Waals surface area contributed by atoms with Gasteiger partial charge in [-0.15, -0.1) is 21.5 Å². The summed E-state index contributed by atoms with van der Waals surface area (Å²) in [6, 6.07) is 13.8. The minimum absolute atomic E-state index is 0.0303. The van der Waals surface area contributed by atoms with Crippen LogP contribution in [0.15, 0.2) is 64.2 Å². The molecule has 10 heteroatoms. The predicted molar refractivity (Wildman–Crippen MR) is 118 cm³/mol. The van der Waals surface area contributed by atoms with Crippen molar-refractivity contribution in [3.63, 3.8) is 0 Å². The fourth-order valence-electron chi connectivity index (χ4n) is 2.62. The molecule has 0 fully saturated rings. The number of ketones is 1. The average Bonchev–Trinajstić information content (AvgIpc) is 3.35. The maximum absolute atomic E-state index is 12.1. The molecule has 0 aliphatic heterocycles. The molecule has 0 aliphatic rings. The molecule has 0 N–H and O–H groups in total. The molecule has 0 saturated heterocycles. The summed E-state index contributed by atoms with van der Waals surface area (Å²) in [4.78, 5) is 23.1. The third-order valence-electron chi connectivity index (χ3n) is 4.02. The molecule has 2 aromatic carbocycles. The molecule has 4 aromatic rings. The molecular weight excluding hydrogens is 446 g/mol. The van der Waals surface area contributed by atoms with Crippen molar-refractivity contribution in [1.82, 2.24) is 10.2 Å². The SMILES string of the molecule is O=C(/C=C/c1cccc([N+](=O)[O-])c1)CSc1nnc(-c2sc3ccccc3c2Cl)o1. The van der Waals surface area contributed by atoms with Gasteiger partial charge in [0.1, 0.15) is 4.88 Å². The zero-order valence-corrected chi connectivity index (χ0v) is 17.5. The van der Waals surface area contributed by atoms with Crippen LogP contribution in [0.2, 0.25) is 5.02 Å². The first-order chi connectivity index (χ1) is 14.5. The number of rotatable bonds is 7. The fourth-order valence-corrected chi connectivity index (χ4v) is 4.66. The summed E-state index contributed by atoms with van der Waals surface area (Å²) >= 11 is 9.00. The number of allylic oxidation sites excluding steroid dienone is 1. The molecule has 7 nitrogen and oxygen atoms in total. The van der Waals surface area contributed by atoms with Gasteiger partial charge in [-0.05, 0) is 17.7 Å². The third kappa shape index (κ3) is 4.43. The van der Waals surface area contributed by atoms with E-state index >= 15 is 0 Å². The highest BCUT2D eigenvalue weighted by Gasteiger charge is 2.18. The number of thioether (sulfide) groups is 1. The minimum atomic E-state index is -0.481. The van der Waals surface area contributed by atoms with E-state index in [1.807, 2.05) is 24.3 Å². The van der Waals surface area contributed by atoms with E-state index in [0.29, 0.717) is 21.4 Å². The Morgan fingerprint density at radius 3 is 2.87 bits per heavy atom. The lowest BCUT2D eigenvalue weighted by atomic mass is 10.2. The number of halogens is 1. The number of aromatic nitrogens is 2. The number of fused-ring (bicyclic) bond motifs is 1. The Balaban J connectivity index is 1.40. The largest absolute Gasteiger partial charge is 0.410 e. The molecule has 4 rings (SSSR count). The van der Waals surface area contributed by atoms with Crippen LogP contribution in [0, 0.1) is 10.1 Å². The summed E-state index contributed by atoms with van der Waals surface area (Å²) < 4.78 is 6.67. The van der Waals surface area contributed by atoms with Gasteiger partial charge in [0.15, 0.2) is 5.78 Å². The van der Waals surface area contributed by atoms with Crippen molar-refractivity contribution >= 4 is 62.3 Å². The first-order valence-corrected chi connectivity index (χ1v) is 10.8. The molecule has 150 valence electrons. The van der Waals surface area contributed by atoms with E-state index in [-0.39, 0.29) is 22.4 Å². The van der Waals surface area contributed by atoms with Crippen LogP contribution in [0.25, 0.3) is 26.9 Å². The van der Waals surface area contributed by atoms with Crippen LogP contribution in [-0.4, -0.2) is 26.7 Å². The van der Waals surface area contributed by atoms with Crippen LogP contribution in [0.3, 0.4) is 0 Å².